The summed E-state index contributed by atoms with van der Waals surface area (Å²) in [5.41, 5.74) is 5.12. The van der Waals surface area contributed by atoms with Crippen LogP contribution in [0.2, 0.25) is 0 Å². The zero-order valence-electron chi connectivity index (χ0n) is 15.7. The Bertz CT molecular complexity index is 1020. The molecule has 0 aliphatic carbocycles. The highest BCUT2D eigenvalue weighted by atomic mass is 79.9. The first-order valence-electron chi connectivity index (χ1n) is 8.86. The van der Waals surface area contributed by atoms with Crippen molar-refractivity contribution in [1.29, 1.82) is 0 Å². The van der Waals surface area contributed by atoms with Gasteiger partial charge in [-0.1, -0.05) is 40.2 Å². The third-order valence-corrected chi connectivity index (χ3v) is 4.63. The number of halogens is 1. The number of benzene rings is 3. The third kappa shape index (κ3) is 5.76. The summed E-state index contributed by atoms with van der Waals surface area (Å²) in [6.45, 7) is 4.09. The number of ether oxygens (including phenoxy) is 1. The van der Waals surface area contributed by atoms with E-state index in [1.165, 1.54) is 11.6 Å². The fourth-order valence-corrected chi connectivity index (χ4v) is 2.78. The number of aliphatic imine (C=N–C) groups is 1. The normalized spacial score (nSPS) is 11.2. The maximum absolute atomic E-state index is 12.0. The summed E-state index contributed by atoms with van der Waals surface area (Å²) in [6, 6.07) is 21.1. The molecule has 0 aliphatic rings. The summed E-state index contributed by atoms with van der Waals surface area (Å²) < 4.78 is 6.33. The molecule has 140 valence electrons. The predicted octanol–water partition coefficient (Wildman–Crippen LogP) is 6.44. The van der Waals surface area contributed by atoms with Gasteiger partial charge in [0.05, 0.1) is 5.69 Å². The molecule has 0 spiro atoms. The lowest BCUT2D eigenvalue weighted by Gasteiger charge is -2.03. The second kappa shape index (κ2) is 9.29. The lowest BCUT2D eigenvalue weighted by Crippen LogP contribution is -2.03. The van der Waals surface area contributed by atoms with Gasteiger partial charge in [0.25, 0.3) is 0 Å². The second-order valence-electron chi connectivity index (χ2n) is 6.42. The Kier molecular flexibility index (Phi) is 6.56. The van der Waals surface area contributed by atoms with E-state index in [9.17, 15) is 4.79 Å². The van der Waals surface area contributed by atoms with E-state index >= 15 is 0 Å². The van der Waals surface area contributed by atoms with E-state index in [4.69, 9.17) is 4.74 Å². The van der Waals surface area contributed by atoms with Crippen LogP contribution in [0, 0.1) is 13.8 Å². The van der Waals surface area contributed by atoms with Crippen LogP contribution >= 0.6 is 15.9 Å². The van der Waals surface area contributed by atoms with E-state index in [1.54, 1.807) is 24.4 Å². The van der Waals surface area contributed by atoms with Crippen LogP contribution in [0.3, 0.4) is 0 Å². The Morgan fingerprint density at radius 1 is 0.929 bits per heavy atom. The summed E-state index contributed by atoms with van der Waals surface area (Å²) in [6.07, 6.45) is 4.94. The molecule has 0 fully saturated rings. The summed E-state index contributed by atoms with van der Waals surface area (Å²) in [4.78, 5) is 16.5. The van der Waals surface area contributed by atoms with Gasteiger partial charge in [0.2, 0.25) is 0 Å². The number of esters is 1. The number of hydrogen-bond acceptors (Lipinski definition) is 3. The predicted molar refractivity (Wildman–Crippen MR) is 118 cm³/mol. The molecule has 3 aromatic carbocycles. The standard InChI is InChI=1S/C24H20BrNO2/c1-17-3-4-18(2)23(15-17)26-16-20-7-12-22(13-8-20)28-24(27)14-9-19-5-10-21(25)11-6-19/h3-16H,1-2H3/b14-9+,26-16?. The minimum Gasteiger partial charge on any atom is -0.423 e. The molecule has 0 N–H and O–H groups in total. The monoisotopic (exact) mass is 433 g/mol. The first-order chi connectivity index (χ1) is 13.5. The molecule has 0 saturated carbocycles. The van der Waals surface area contributed by atoms with E-state index in [-0.39, 0.29) is 0 Å². The van der Waals surface area contributed by atoms with Gasteiger partial charge in [0.1, 0.15) is 5.75 Å². The molecule has 3 nitrogen and oxygen atoms in total. The molecule has 28 heavy (non-hydrogen) atoms. The molecule has 3 aromatic rings. The zero-order valence-corrected chi connectivity index (χ0v) is 17.3. The van der Waals surface area contributed by atoms with Gasteiger partial charge in [0.15, 0.2) is 0 Å². The quantitative estimate of drug-likeness (QED) is 0.201. The molecule has 0 bridgehead atoms. The van der Waals surface area contributed by atoms with E-state index < -0.39 is 5.97 Å². The maximum Gasteiger partial charge on any atom is 0.336 e. The Balaban J connectivity index is 1.60. The summed E-state index contributed by atoms with van der Waals surface area (Å²) in [7, 11) is 0. The number of hydrogen-bond donors (Lipinski definition) is 0. The van der Waals surface area contributed by atoms with Gasteiger partial charge in [-0.25, -0.2) is 4.79 Å². The van der Waals surface area contributed by atoms with Gasteiger partial charge in [-0.05, 0) is 84.6 Å². The molecule has 3 rings (SSSR count). The van der Waals surface area contributed by atoms with E-state index in [0.29, 0.717) is 5.75 Å². The molecule has 0 saturated heterocycles. The molecule has 0 radical (unpaired) electrons. The first-order valence-corrected chi connectivity index (χ1v) is 9.66. The van der Waals surface area contributed by atoms with Crippen LogP contribution in [0.1, 0.15) is 22.3 Å². The molecule has 0 heterocycles. The third-order valence-electron chi connectivity index (χ3n) is 4.10. The SMILES string of the molecule is Cc1ccc(C)c(N=Cc2ccc(OC(=O)/C=C/c3ccc(Br)cc3)cc2)c1. The largest absolute Gasteiger partial charge is 0.423 e. The fourth-order valence-electron chi connectivity index (χ4n) is 2.51. The Morgan fingerprint density at radius 2 is 1.61 bits per heavy atom. The highest BCUT2D eigenvalue weighted by Crippen LogP contribution is 2.20. The second-order valence-corrected chi connectivity index (χ2v) is 7.34. The topological polar surface area (TPSA) is 38.7 Å². The van der Waals surface area contributed by atoms with Gasteiger partial charge < -0.3 is 4.74 Å². The molecular weight excluding hydrogens is 414 g/mol. The first kappa shape index (κ1) is 19.8. The van der Waals surface area contributed by atoms with Crippen LogP contribution in [0.5, 0.6) is 5.75 Å². The Hall–Kier alpha value is -2.98. The van der Waals surface area contributed by atoms with Crippen molar-refractivity contribution < 1.29 is 9.53 Å². The van der Waals surface area contributed by atoms with E-state index in [0.717, 1.165) is 26.9 Å². The van der Waals surface area contributed by atoms with Gasteiger partial charge in [-0.15, -0.1) is 0 Å². The van der Waals surface area contributed by atoms with Crippen LogP contribution in [-0.2, 0) is 4.79 Å². The average molecular weight is 434 g/mol. The van der Waals surface area contributed by atoms with Gasteiger partial charge >= 0.3 is 5.97 Å². The number of carbonyl (C=O) groups is 1. The van der Waals surface area contributed by atoms with Crippen molar-refractivity contribution in [3.05, 3.63) is 99.5 Å². The number of nitrogens with zero attached hydrogens (tertiary/aromatic N) is 1. The van der Waals surface area contributed by atoms with Crippen molar-refractivity contribution in [2.45, 2.75) is 13.8 Å². The smallest absolute Gasteiger partial charge is 0.336 e. The highest BCUT2D eigenvalue weighted by Gasteiger charge is 2.01. The van der Waals surface area contributed by atoms with Crippen LogP contribution in [-0.4, -0.2) is 12.2 Å². The number of carbonyl (C=O) groups excluding carboxylic acids is 1. The highest BCUT2D eigenvalue weighted by molar-refractivity contribution is 9.10. The summed E-state index contributed by atoms with van der Waals surface area (Å²) in [5, 5.41) is 0. The maximum atomic E-state index is 12.0. The average Bonchev–Trinajstić information content (AvgIpc) is 2.69. The molecule has 0 atom stereocenters. The lowest BCUT2D eigenvalue weighted by molar-refractivity contribution is -0.128. The zero-order chi connectivity index (χ0) is 19.9. The van der Waals surface area contributed by atoms with Gasteiger partial charge in [-0.3, -0.25) is 4.99 Å². The Morgan fingerprint density at radius 3 is 2.32 bits per heavy atom. The van der Waals surface area contributed by atoms with Gasteiger partial charge in [0, 0.05) is 16.8 Å². The van der Waals surface area contributed by atoms with E-state index in [1.807, 2.05) is 50.2 Å². The molecular formula is C24H20BrNO2. The number of aryl methyl sites for hydroxylation is 2. The van der Waals surface area contributed by atoms with Crippen molar-refractivity contribution in [1.82, 2.24) is 0 Å². The molecule has 0 aliphatic heterocycles. The molecule has 0 unspecified atom stereocenters. The van der Waals surface area contributed by atoms with Crippen LogP contribution in [0.4, 0.5) is 5.69 Å². The van der Waals surface area contributed by atoms with Crippen LogP contribution in [0.25, 0.3) is 6.08 Å². The lowest BCUT2D eigenvalue weighted by atomic mass is 10.1. The van der Waals surface area contributed by atoms with Crippen molar-refractivity contribution in [3.63, 3.8) is 0 Å². The molecule has 4 heteroatoms. The minimum atomic E-state index is -0.417. The van der Waals surface area contributed by atoms with Gasteiger partial charge in [-0.2, -0.15) is 0 Å². The molecule has 0 aromatic heterocycles. The summed E-state index contributed by atoms with van der Waals surface area (Å²) >= 11 is 3.38. The fraction of sp³-hybridized carbons (Fsp3) is 0.0833. The van der Waals surface area contributed by atoms with E-state index in [2.05, 4.69) is 39.1 Å². The van der Waals surface area contributed by atoms with Crippen LogP contribution in [0.15, 0.2) is 82.3 Å². The number of rotatable bonds is 5. The van der Waals surface area contributed by atoms with Crippen molar-refractivity contribution in [2.24, 2.45) is 4.99 Å². The van der Waals surface area contributed by atoms with Crippen LogP contribution < -0.4 is 4.74 Å². The van der Waals surface area contributed by atoms with Crippen molar-refractivity contribution in [3.8, 4) is 5.75 Å². The van der Waals surface area contributed by atoms with Crippen molar-refractivity contribution >= 4 is 39.9 Å². The summed E-state index contributed by atoms with van der Waals surface area (Å²) in [5.74, 6) is 0.0778. The van der Waals surface area contributed by atoms with Crippen molar-refractivity contribution in [2.75, 3.05) is 0 Å². The minimum absolute atomic E-state index is 0.417. The Labute approximate surface area is 173 Å². The molecule has 0 amide bonds.